The molecule has 0 fully saturated rings. The lowest BCUT2D eigenvalue weighted by Crippen LogP contribution is -2.10. The molecule has 3 rings (SSSR count). The van der Waals surface area contributed by atoms with E-state index in [1.807, 2.05) is 29.6 Å². The highest BCUT2D eigenvalue weighted by atomic mass is 79.9. The van der Waals surface area contributed by atoms with Crippen LogP contribution in [0.15, 0.2) is 34.1 Å². The molecule has 0 saturated carbocycles. The van der Waals surface area contributed by atoms with Crippen LogP contribution < -0.4 is 11.1 Å². The van der Waals surface area contributed by atoms with E-state index < -0.39 is 0 Å². The number of rotatable bonds is 2. The summed E-state index contributed by atoms with van der Waals surface area (Å²) in [7, 11) is 0. The van der Waals surface area contributed by atoms with E-state index in [2.05, 4.69) is 21.2 Å². The molecule has 1 aromatic carbocycles. The number of nitrogens with two attached hydrogens (primary N) is 1. The first-order valence-corrected chi connectivity index (χ1v) is 7.23. The predicted molar refractivity (Wildman–Crippen MR) is 76.8 cm³/mol. The number of hydrogen-bond acceptors (Lipinski definition) is 3. The number of amides is 1. The SMILES string of the molecule is NC(c1ccc2c(c1)CC(=O)N2)c1sccc1Br. The normalized spacial score (nSPS) is 15.3. The third-order valence-electron chi connectivity index (χ3n) is 3.04. The van der Waals surface area contributed by atoms with Crippen LogP contribution in [-0.4, -0.2) is 5.91 Å². The standard InChI is InChI=1S/C13H11BrN2OS/c14-9-3-4-18-13(9)12(15)7-1-2-10-8(5-7)6-11(17)16-10/h1-5,12H,6,15H2,(H,16,17). The van der Waals surface area contributed by atoms with Crippen LogP contribution in [0.2, 0.25) is 0 Å². The Morgan fingerprint density at radius 1 is 1.39 bits per heavy atom. The lowest BCUT2D eigenvalue weighted by Gasteiger charge is -2.12. The van der Waals surface area contributed by atoms with Crippen LogP contribution in [0, 0.1) is 0 Å². The molecule has 5 heteroatoms. The number of carbonyl (C=O) groups excluding carboxylic acids is 1. The molecular formula is C13H11BrN2OS. The molecule has 0 aliphatic carbocycles. The van der Waals surface area contributed by atoms with Crippen molar-refractivity contribution >= 4 is 38.9 Å². The van der Waals surface area contributed by atoms with Crippen molar-refractivity contribution in [2.75, 3.05) is 5.32 Å². The summed E-state index contributed by atoms with van der Waals surface area (Å²) >= 11 is 5.13. The number of fused-ring (bicyclic) bond motifs is 1. The van der Waals surface area contributed by atoms with E-state index in [1.54, 1.807) is 11.3 Å². The van der Waals surface area contributed by atoms with Gasteiger partial charge in [-0.1, -0.05) is 12.1 Å². The molecule has 0 bridgehead atoms. The van der Waals surface area contributed by atoms with Crippen molar-refractivity contribution < 1.29 is 4.79 Å². The number of thiophene rings is 1. The molecule has 0 spiro atoms. The highest BCUT2D eigenvalue weighted by Gasteiger charge is 2.20. The van der Waals surface area contributed by atoms with Crippen molar-refractivity contribution in [2.45, 2.75) is 12.5 Å². The van der Waals surface area contributed by atoms with Crippen molar-refractivity contribution in [1.29, 1.82) is 0 Å². The van der Waals surface area contributed by atoms with E-state index in [9.17, 15) is 4.79 Å². The summed E-state index contributed by atoms with van der Waals surface area (Å²) in [5.74, 6) is 0.0491. The van der Waals surface area contributed by atoms with E-state index in [-0.39, 0.29) is 11.9 Å². The van der Waals surface area contributed by atoms with Gasteiger partial charge < -0.3 is 11.1 Å². The summed E-state index contributed by atoms with van der Waals surface area (Å²) < 4.78 is 1.04. The molecular weight excluding hydrogens is 312 g/mol. The minimum absolute atomic E-state index is 0.0491. The van der Waals surface area contributed by atoms with Crippen molar-refractivity contribution in [3.63, 3.8) is 0 Å². The average molecular weight is 323 g/mol. The predicted octanol–water partition coefficient (Wildman–Crippen LogP) is 3.05. The van der Waals surface area contributed by atoms with Gasteiger partial charge in [0.1, 0.15) is 0 Å². The zero-order valence-corrected chi connectivity index (χ0v) is 11.8. The summed E-state index contributed by atoms with van der Waals surface area (Å²) in [6.45, 7) is 0. The monoisotopic (exact) mass is 322 g/mol. The second-order valence-electron chi connectivity index (χ2n) is 4.25. The quantitative estimate of drug-likeness (QED) is 0.892. The number of anilines is 1. The van der Waals surface area contributed by atoms with Crippen molar-refractivity contribution in [3.05, 3.63) is 50.1 Å². The Morgan fingerprint density at radius 3 is 2.94 bits per heavy atom. The zero-order valence-electron chi connectivity index (χ0n) is 9.44. The third kappa shape index (κ3) is 1.98. The second kappa shape index (κ2) is 4.50. The Hall–Kier alpha value is -1.17. The molecule has 1 aliphatic heterocycles. The highest BCUT2D eigenvalue weighted by molar-refractivity contribution is 9.10. The van der Waals surface area contributed by atoms with Gasteiger partial charge >= 0.3 is 0 Å². The van der Waals surface area contributed by atoms with E-state index in [4.69, 9.17) is 5.73 Å². The fraction of sp³-hybridized carbons (Fsp3) is 0.154. The Labute approximate surface area is 117 Å². The fourth-order valence-electron chi connectivity index (χ4n) is 2.12. The largest absolute Gasteiger partial charge is 0.326 e. The zero-order chi connectivity index (χ0) is 12.7. The average Bonchev–Trinajstić information content (AvgIpc) is 2.91. The van der Waals surface area contributed by atoms with E-state index in [0.29, 0.717) is 6.42 Å². The number of hydrogen-bond donors (Lipinski definition) is 2. The minimum Gasteiger partial charge on any atom is -0.326 e. The van der Waals surface area contributed by atoms with Gasteiger partial charge in [0, 0.05) is 15.0 Å². The molecule has 1 unspecified atom stereocenters. The molecule has 3 N–H and O–H groups in total. The van der Waals surface area contributed by atoms with Gasteiger partial charge in [0.05, 0.1) is 12.5 Å². The van der Waals surface area contributed by atoms with Gasteiger partial charge in [-0.15, -0.1) is 11.3 Å². The van der Waals surface area contributed by atoms with E-state index in [0.717, 1.165) is 26.2 Å². The molecule has 18 heavy (non-hydrogen) atoms. The van der Waals surface area contributed by atoms with Gasteiger partial charge in [0.15, 0.2) is 0 Å². The second-order valence-corrected chi connectivity index (χ2v) is 6.05. The first kappa shape index (κ1) is 11.9. The van der Waals surface area contributed by atoms with Gasteiger partial charge in [0.2, 0.25) is 5.91 Å². The van der Waals surface area contributed by atoms with Gasteiger partial charge in [-0.2, -0.15) is 0 Å². The lowest BCUT2D eigenvalue weighted by molar-refractivity contribution is -0.115. The molecule has 1 aromatic heterocycles. The smallest absolute Gasteiger partial charge is 0.228 e. The van der Waals surface area contributed by atoms with Crippen molar-refractivity contribution in [2.24, 2.45) is 5.73 Å². The van der Waals surface area contributed by atoms with Gasteiger partial charge in [-0.05, 0) is 44.6 Å². The van der Waals surface area contributed by atoms with Crippen LogP contribution in [0.1, 0.15) is 22.0 Å². The van der Waals surface area contributed by atoms with Gasteiger partial charge in [0.25, 0.3) is 0 Å². The molecule has 0 radical (unpaired) electrons. The maximum Gasteiger partial charge on any atom is 0.228 e. The van der Waals surface area contributed by atoms with Crippen molar-refractivity contribution in [1.82, 2.24) is 0 Å². The number of nitrogens with one attached hydrogen (secondary N) is 1. The molecule has 1 atom stereocenters. The summed E-state index contributed by atoms with van der Waals surface area (Å²) in [5.41, 5.74) is 9.23. The summed E-state index contributed by atoms with van der Waals surface area (Å²) in [5, 5.41) is 4.83. The number of carbonyl (C=O) groups is 1. The van der Waals surface area contributed by atoms with Crippen LogP contribution in [0.25, 0.3) is 0 Å². The van der Waals surface area contributed by atoms with Crippen LogP contribution in [0.3, 0.4) is 0 Å². The highest BCUT2D eigenvalue weighted by Crippen LogP contribution is 2.33. The Balaban J connectivity index is 1.97. The van der Waals surface area contributed by atoms with Crippen molar-refractivity contribution in [3.8, 4) is 0 Å². The molecule has 3 nitrogen and oxygen atoms in total. The number of benzene rings is 1. The molecule has 2 aromatic rings. The van der Waals surface area contributed by atoms with Crippen LogP contribution in [0.4, 0.5) is 5.69 Å². The molecule has 2 heterocycles. The minimum atomic E-state index is -0.152. The summed E-state index contributed by atoms with van der Waals surface area (Å²) in [6.07, 6.45) is 0.446. The van der Waals surface area contributed by atoms with E-state index >= 15 is 0 Å². The van der Waals surface area contributed by atoms with Crippen LogP contribution >= 0.6 is 27.3 Å². The molecule has 1 amide bonds. The first-order chi connectivity index (χ1) is 8.65. The maximum atomic E-state index is 11.3. The maximum absolute atomic E-state index is 11.3. The Bertz CT molecular complexity index is 623. The summed E-state index contributed by atoms with van der Waals surface area (Å²) in [4.78, 5) is 12.4. The van der Waals surface area contributed by atoms with Gasteiger partial charge in [-0.3, -0.25) is 4.79 Å². The van der Waals surface area contributed by atoms with Gasteiger partial charge in [-0.25, -0.2) is 0 Å². The molecule has 1 aliphatic rings. The number of halogens is 1. The van der Waals surface area contributed by atoms with Crippen LogP contribution in [0.5, 0.6) is 0 Å². The lowest BCUT2D eigenvalue weighted by atomic mass is 10.0. The topological polar surface area (TPSA) is 55.1 Å². The van der Waals surface area contributed by atoms with Crippen LogP contribution in [-0.2, 0) is 11.2 Å². The fourth-order valence-corrected chi connectivity index (χ4v) is 3.77. The molecule has 92 valence electrons. The third-order valence-corrected chi connectivity index (χ3v) is 4.99. The Kier molecular flexibility index (Phi) is 2.97. The summed E-state index contributed by atoms with van der Waals surface area (Å²) in [6, 6.07) is 7.76. The first-order valence-electron chi connectivity index (χ1n) is 5.56. The van der Waals surface area contributed by atoms with E-state index in [1.165, 1.54) is 0 Å². The molecule has 0 saturated heterocycles. The Morgan fingerprint density at radius 2 is 2.22 bits per heavy atom.